The van der Waals surface area contributed by atoms with Crippen molar-refractivity contribution in [2.24, 2.45) is 0 Å². The van der Waals surface area contributed by atoms with Crippen molar-refractivity contribution in [1.82, 2.24) is 10.2 Å². The Morgan fingerprint density at radius 1 is 0.861 bits per heavy atom. The number of hydrogen-bond acceptors (Lipinski definition) is 4. The minimum Gasteiger partial charge on any atom is -0.459 e. The highest BCUT2D eigenvalue weighted by Gasteiger charge is 2.47. The summed E-state index contributed by atoms with van der Waals surface area (Å²) in [7, 11) is 0. The Bertz CT molecular complexity index is 1150. The van der Waals surface area contributed by atoms with Gasteiger partial charge in [-0.25, -0.2) is 0 Å². The Hall–Kier alpha value is -2.95. The van der Waals surface area contributed by atoms with Gasteiger partial charge in [-0.15, -0.1) is 0 Å². The van der Waals surface area contributed by atoms with E-state index in [2.05, 4.69) is 83.0 Å². The number of ether oxygens (including phenoxy) is 1. The molecule has 1 fully saturated rings. The largest absolute Gasteiger partial charge is 0.459 e. The van der Waals surface area contributed by atoms with E-state index in [0.717, 1.165) is 25.2 Å². The fourth-order valence-electron chi connectivity index (χ4n) is 5.85. The molecule has 5 rings (SSSR count). The van der Waals surface area contributed by atoms with Gasteiger partial charge in [0.15, 0.2) is 0 Å². The summed E-state index contributed by atoms with van der Waals surface area (Å²) in [5.41, 5.74) is 4.74. The number of rotatable bonds is 7. The number of esters is 1. The standard InChI is InChI=1S/C32H38N2O2/c1-31(2,3)36-30(35)29(20-23-34-21-12-5-13-22-34)33-32(24-14-6-4-7-15-24)27-18-10-8-16-25(27)26-17-9-11-19-28(26)32/h4,6-11,14-19,29,33H,5,12-13,20-23H2,1-3H3/t29-/m0/s1. The fourth-order valence-corrected chi connectivity index (χ4v) is 5.85. The molecule has 3 aromatic carbocycles. The van der Waals surface area contributed by atoms with Gasteiger partial charge in [-0.1, -0.05) is 85.3 Å². The lowest BCUT2D eigenvalue weighted by Gasteiger charge is -2.38. The number of nitrogens with one attached hydrogen (secondary N) is 1. The van der Waals surface area contributed by atoms with Crippen LogP contribution in [0.4, 0.5) is 0 Å². The van der Waals surface area contributed by atoms with Gasteiger partial charge in [0.05, 0.1) is 5.54 Å². The molecule has 188 valence electrons. The molecule has 36 heavy (non-hydrogen) atoms. The highest BCUT2D eigenvalue weighted by Crippen LogP contribution is 2.51. The molecule has 0 spiro atoms. The van der Waals surface area contributed by atoms with Crippen molar-refractivity contribution in [2.75, 3.05) is 19.6 Å². The molecule has 4 heteroatoms. The molecule has 1 N–H and O–H groups in total. The zero-order chi connectivity index (χ0) is 25.2. The van der Waals surface area contributed by atoms with Crippen molar-refractivity contribution in [3.63, 3.8) is 0 Å². The predicted octanol–water partition coefficient (Wildman–Crippen LogP) is 6.13. The molecule has 1 saturated heterocycles. The summed E-state index contributed by atoms with van der Waals surface area (Å²) in [5.74, 6) is -0.184. The van der Waals surface area contributed by atoms with Crippen LogP contribution < -0.4 is 5.32 Å². The molecule has 0 radical (unpaired) electrons. The number of benzene rings is 3. The Morgan fingerprint density at radius 3 is 2.00 bits per heavy atom. The summed E-state index contributed by atoms with van der Waals surface area (Å²) in [6.07, 6.45) is 4.47. The van der Waals surface area contributed by atoms with Crippen LogP contribution in [0.2, 0.25) is 0 Å². The third-order valence-electron chi connectivity index (χ3n) is 7.42. The maximum atomic E-state index is 13.7. The lowest BCUT2D eigenvalue weighted by molar-refractivity contribution is -0.158. The van der Waals surface area contributed by atoms with Crippen LogP contribution in [0.5, 0.6) is 0 Å². The highest BCUT2D eigenvalue weighted by molar-refractivity contribution is 5.84. The second-order valence-corrected chi connectivity index (χ2v) is 11.1. The van der Waals surface area contributed by atoms with Crippen molar-refractivity contribution in [1.29, 1.82) is 0 Å². The average molecular weight is 483 g/mol. The van der Waals surface area contributed by atoms with Crippen LogP contribution in [0.3, 0.4) is 0 Å². The molecule has 0 unspecified atom stereocenters. The molecule has 0 saturated carbocycles. The van der Waals surface area contributed by atoms with Crippen LogP contribution in [-0.4, -0.2) is 42.1 Å². The highest BCUT2D eigenvalue weighted by atomic mass is 16.6. The molecule has 1 heterocycles. The van der Waals surface area contributed by atoms with Crippen LogP contribution in [0.1, 0.15) is 63.1 Å². The van der Waals surface area contributed by atoms with E-state index in [-0.39, 0.29) is 5.97 Å². The molecule has 2 aliphatic rings. The Kier molecular flexibility index (Phi) is 7.00. The Labute approximate surface area is 215 Å². The Balaban J connectivity index is 1.59. The first-order valence-electron chi connectivity index (χ1n) is 13.4. The predicted molar refractivity (Wildman–Crippen MR) is 146 cm³/mol. The first-order chi connectivity index (χ1) is 17.4. The maximum Gasteiger partial charge on any atom is 0.323 e. The summed E-state index contributed by atoms with van der Waals surface area (Å²) in [6.45, 7) is 8.93. The number of carbonyl (C=O) groups excluding carboxylic acids is 1. The van der Waals surface area contributed by atoms with Crippen molar-refractivity contribution in [3.8, 4) is 11.1 Å². The second-order valence-electron chi connectivity index (χ2n) is 11.1. The fraction of sp³-hybridized carbons (Fsp3) is 0.406. The smallest absolute Gasteiger partial charge is 0.323 e. The maximum absolute atomic E-state index is 13.7. The second kappa shape index (κ2) is 10.2. The first-order valence-corrected chi connectivity index (χ1v) is 13.4. The van der Waals surface area contributed by atoms with Crippen molar-refractivity contribution < 1.29 is 9.53 Å². The Morgan fingerprint density at radius 2 is 1.42 bits per heavy atom. The normalized spacial score (nSPS) is 17.8. The molecular weight excluding hydrogens is 444 g/mol. The van der Waals surface area contributed by atoms with Gasteiger partial charge in [-0.3, -0.25) is 10.1 Å². The molecular formula is C32H38N2O2. The molecule has 0 bridgehead atoms. The van der Waals surface area contributed by atoms with Crippen LogP contribution in [0, 0.1) is 0 Å². The van der Waals surface area contributed by atoms with Crippen LogP contribution >= 0.6 is 0 Å². The molecule has 1 atom stereocenters. The molecule has 4 nitrogen and oxygen atoms in total. The summed E-state index contributed by atoms with van der Waals surface area (Å²) in [6, 6.07) is 27.3. The van der Waals surface area contributed by atoms with E-state index in [0.29, 0.717) is 6.42 Å². The minimum absolute atomic E-state index is 0.184. The molecule has 0 amide bonds. The topological polar surface area (TPSA) is 41.6 Å². The summed E-state index contributed by atoms with van der Waals surface area (Å²) in [4.78, 5) is 16.2. The monoisotopic (exact) mass is 482 g/mol. The molecule has 1 aliphatic carbocycles. The third kappa shape index (κ3) is 4.85. The number of hydrogen-bond donors (Lipinski definition) is 1. The van der Waals surface area contributed by atoms with Crippen molar-refractivity contribution in [2.45, 2.75) is 63.6 Å². The van der Waals surface area contributed by atoms with E-state index >= 15 is 0 Å². The van der Waals surface area contributed by atoms with Crippen LogP contribution in [0.25, 0.3) is 11.1 Å². The molecule has 3 aromatic rings. The van der Waals surface area contributed by atoms with Crippen molar-refractivity contribution in [3.05, 3.63) is 95.6 Å². The van der Waals surface area contributed by atoms with Gasteiger partial charge in [0, 0.05) is 6.54 Å². The van der Waals surface area contributed by atoms with Crippen molar-refractivity contribution >= 4 is 5.97 Å². The summed E-state index contributed by atoms with van der Waals surface area (Å²) < 4.78 is 5.99. The number of fused-ring (bicyclic) bond motifs is 3. The zero-order valence-electron chi connectivity index (χ0n) is 21.8. The lowest BCUT2D eigenvalue weighted by Crippen LogP contribution is -2.54. The average Bonchev–Trinajstić information content (AvgIpc) is 3.17. The van der Waals surface area contributed by atoms with E-state index in [1.54, 1.807) is 0 Å². The van der Waals surface area contributed by atoms with Gasteiger partial charge < -0.3 is 9.64 Å². The van der Waals surface area contributed by atoms with E-state index in [1.807, 2.05) is 26.8 Å². The van der Waals surface area contributed by atoms with Gasteiger partial charge >= 0.3 is 5.97 Å². The third-order valence-corrected chi connectivity index (χ3v) is 7.42. The van der Waals surface area contributed by atoms with E-state index in [9.17, 15) is 4.79 Å². The number of carbonyl (C=O) groups is 1. The quantitative estimate of drug-likeness (QED) is 0.411. The van der Waals surface area contributed by atoms with E-state index in [4.69, 9.17) is 4.74 Å². The van der Waals surface area contributed by atoms with Gasteiger partial charge in [-0.2, -0.15) is 0 Å². The molecule has 1 aliphatic heterocycles. The lowest BCUT2D eigenvalue weighted by atomic mass is 9.79. The summed E-state index contributed by atoms with van der Waals surface area (Å²) >= 11 is 0. The zero-order valence-corrected chi connectivity index (χ0v) is 21.8. The van der Waals surface area contributed by atoms with E-state index < -0.39 is 17.2 Å². The number of nitrogens with zero attached hydrogens (tertiary/aromatic N) is 1. The van der Waals surface area contributed by atoms with Crippen LogP contribution in [0.15, 0.2) is 78.9 Å². The number of piperidine rings is 1. The number of likely N-dealkylation sites (tertiary alicyclic amines) is 1. The van der Waals surface area contributed by atoms with Gasteiger partial charge in [0.25, 0.3) is 0 Å². The SMILES string of the molecule is CC(C)(C)OC(=O)[C@H](CCN1CCCCC1)NC1(c2ccccc2)c2ccccc2-c2ccccc21. The molecule has 0 aromatic heterocycles. The van der Waals surface area contributed by atoms with Crippen LogP contribution in [-0.2, 0) is 15.1 Å². The first kappa shape index (κ1) is 24.7. The van der Waals surface area contributed by atoms with Gasteiger partial charge in [-0.05, 0) is 80.9 Å². The summed E-state index contributed by atoms with van der Waals surface area (Å²) in [5, 5.41) is 3.92. The minimum atomic E-state index is -0.641. The van der Waals surface area contributed by atoms with Gasteiger partial charge in [0.2, 0.25) is 0 Å². The van der Waals surface area contributed by atoms with E-state index in [1.165, 1.54) is 41.5 Å². The van der Waals surface area contributed by atoms with Gasteiger partial charge in [0.1, 0.15) is 11.6 Å².